The number of ether oxygens (including phenoxy) is 1. The summed E-state index contributed by atoms with van der Waals surface area (Å²) in [4.78, 5) is 26.4. The molecule has 3 rings (SSSR count). The summed E-state index contributed by atoms with van der Waals surface area (Å²) in [5.74, 6) is -0.0721. The van der Waals surface area contributed by atoms with Gasteiger partial charge in [-0.25, -0.2) is 0 Å². The molecular formula is C16H18N4O3S. The first kappa shape index (κ1) is 16.4. The minimum absolute atomic E-state index is 0.0873. The Hall–Kier alpha value is -2.48. The SMILES string of the molecule is CCOc1ccccc1N1C[C@H](C(=O)Nc2nnc(C)s2)CC1=O. The van der Waals surface area contributed by atoms with E-state index >= 15 is 0 Å². The van der Waals surface area contributed by atoms with E-state index in [2.05, 4.69) is 15.5 Å². The predicted molar refractivity (Wildman–Crippen MR) is 91.3 cm³/mol. The predicted octanol–water partition coefficient (Wildman–Crippen LogP) is 2.24. The number of hydrogen-bond acceptors (Lipinski definition) is 6. The third-order valence-electron chi connectivity index (χ3n) is 3.71. The van der Waals surface area contributed by atoms with Crippen LogP contribution in [0.2, 0.25) is 0 Å². The summed E-state index contributed by atoms with van der Waals surface area (Å²) in [6.45, 7) is 4.55. The summed E-state index contributed by atoms with van der Waals surface area (Å²) in [6.07, 6.45) is 0.171. The number of nitrogens with zero attached hydrogens (tertiary/aromatic N) is 3. The molecule has 1 atom stereocenters. The lowest BCUT2D eigenvalue weighted by molar-refractivity contribution is -0.122. The van der Waals surface area contributed by atoms with Gasteiger partial charge >= 0.3 is 0 Å². The zero-order chi connectivity index (χ0) is 17.1. The van der Waals surface area contributed by atoms with Crippen LogP contribution in [-0.4, -0.2) is 35.2 Å². The molecule has 0 aliphatic carbocycles. The highest BCUT2D eigenvalue weighted by Gasteiger charge is 2.36. The number of hydrogen-bond donors (Lipinski definition) is 1. The van der Waals surface area contributed by atoms with Crippen LogP contribution in [-0.2, 0) is 9.59 Å². The van der Waals surface area contributed by atoms with Crippen LogP contribution in [0.25, 0.3) is 0 Å². The van der Waals surface area contributed by atoms with Gasteiger partial charge in [0.1, 0.15) is 10.8 Å². The quantitative estimate of drug-likeness (QED) is 0.897. The number of para-hydroxylation sites is 2. The monoisotopic (exact) mass is 346 g/mol. The first-order valence-electron chi connectivity index (χ1n) is 7.71. The van der Waals surface area contributed by atoms with Crippen molar-refractivity contribution >= 4 is 34.0 Å². The molecule has 1 aromatic carbocycles. The number of nitrogens with one attached hydrogen (secondary N) is 1. The highest BCUT2D eigenvalue weighted by molar-refractivity contribution is 7.15. The summed E-state index contributed by atoms with van der Waals surface area (Å²) >= 11 is 1.31. The van der Waals surface area contributed by atoms with Gasteiger partial charge in [0.15, 0.2) is 0 Å². The van der Waals surface area contributed by atoms with Crippen molar-refractivity contribution in [3.63, 3.8) is 0 Å². The van der Waals surface area contributed by atoms with Gasteiger partial charge in [0.2, 0.25) is 16.9 Å². The number of anilines is 2. The lowest BCUT2D eigenvalue weighted by Crippen LogP contribution is -2.28. The summed E-state index contributed by atoms with van der Waals surface area (Å²) in [5, 5.41) is 11.7. The fraction of sp³-hybridized carbons (Fsp3) is 0.375. The first-order valence-corrected chi connectivity index (χ1v) is 8.53. The molecule has 7 nitrogen and oxygen atoms in total. The lowest BCUT2D eigenvalue weighted by atomic mass is 10.1. The van der Waals surface area contributed by atoms with Crippen LogP contribution in [0.3, 0.4) is 0 Å². The van der Waals surface area contributed by atoms with Crippen molar-refractivity contribution in [2.75, 3.05) is 23.4 Å². The van der Waals surface area contributed by atoms with Gasteiger partial charge in [-0.05, 0) is 26.0 Å². The molecule has 0 saturated carbocycles. The van der Waals surface area contributed by atoms with Gasteiger partial charge in [0.25, 0.3) is 0 Å². The second kappa shape index (κ2) is 6.96. The Kier molecular flexibility index (Phi) is 4.75. The number of aryl methyl sites for hydroxylation is 1. The minimum Gasteiger partial charge on any atom is -0.492 e. The molecule has 8 heteroatoms. The standard InChI is InChI=1S/C16H18N4O3S/c1-3-23-13-7-5-4-6-12(13)20-9-11(8-14(20)21)15(22)17-16-19-18-10(2)24-16/h4-7,11H,3,8-9H2,1-2H3,(H,17,19,22)/t11-/m1/s1. The van der Waals surface area contributed by atoms with Crippen molar-refractivity contribution < 1.29 is 14.3 Å². The molecule has 126 valence electrons. The van der Waals surface area contributed by atoms with Crippen LogP contribution >= 0.6 is 11.3 Å². The Bertz CT molecular complexity index is 761. The van der Waals surface area contributed by atoms with Gasteiger partial charge in [-0.3, -0.25) is 9.59 Å². The molecule has 2 aromatic rings. The van der Waals surface area contributed by atoms with E-state index in [1.54, 1.807) is 4.90 Å². The molecule has 1 saturated heterocycles. The Morgan fingerprint density at radius 1 is 1.42 bits per heavy atom. The van der Waals surface area contributed by atoms with Crippen LogP contribution in [0.5, 0.6) is 5.75 Å². The Morgan fingerprint density at radius 2 is 2.21 bits per heavy atom. The normalized spacial score (nSPS) is 17.2. The third-order valence-corrected chi connectivity index (χ3v) is 4.46. The van der Waals surface area contributed by atoms with Gasteiger partial charge in [0.05, 0.1) is 18.2 Å². The molecule has 2 amide bonds. The summed E-state index contributed by atoms with van der Waals surface area (Å²) in [6, 6.07) is 7.36. The molecule has 0 unspecified atom stereocenters. The van der Waals surface area contributed by atoms with Gasteiger partial charge in [-0.2, -0.15) is 0 Å². The average molecular weight is 346 g/mol. The van der Waals surface area contributed by atoms with Crippen LogP contribution in [0.15, 0.2) is 24.3 Å². The average Bonchev–Trinajstić information content (AvgIpc) is 3.14. The molecule has 0 radical (unpaired) electrons. The van der Waals surface area contributed by atoms with Gasteiger partial charge < -0.3 is 15.0 Å². The van der Waals surface area contributed by atoms with Crippen LogP contribution < -0.4 is 15.0 Å². The number of rotatable bonds is 5. The largest absolute Gasteiger partial charge is 0.492 e. The number of carbonyl (C=O) groups excluding carboxylic acids is 2. The lowest BCUT2D eigenvalue weighted by Gasteiger charge is -2.20. The Morgan fingerprint density at radius 3 is 2.92 bits per heavy atom. The second-order valence-corrected chi connectivity index (χ2v) is 6.60. The molecule has 1 aliphatic heterocycles. The van der Waals surface area contributed by atoms with E-state index in [-0.39, 0.29) is 18.2 Å². The molecule has 0 spiro atoms. The van der Waals surface area contributed by atoms with Gasteiger partial charge in [0, 0.05) is 13.0 Å². The fourth-order valence-electron chi connectivity index (χ4n) is 2.63. The third kappa shape index (κ3) is 3.38. The van der Waals surface area contributed by atoms with E-state index in [1.165, 1.54) is 11.3 Å². The van der Waals surface area contributed by atoms with E-state index in [9.17, 15) is 9.59 Å². The van der Waals surface area contributed by atoms with Crippen molar-refractivity contribution in [2.24, 2.45) is 5.92 Å². The van der Waals surface area contributed by atoms with Crippen molar-refractivity contribution in [1.82, 2.24) is 10.2 Å². The molecule has 1 aliphatic rings. The minimum atomic E-state index is -0.420. The summed E-state index contributed by atoms with van der Waals surface area (Å²) < 4.78 is 5.58. The highest BCUT2D eigenvalue weighted by Crippen LogP contribution is 2.33. The van der Waals surface area contributed by atoms with Crippen molar-refractivity contribution in [3.05, 3.63) is 29.3 Å². The molecular weight excluding hydrogens is 328 g/mol. The number of benzene rings is 1. The van der Waals surface area contributed by atoms with Gasteiger partial charge in [-0.15, -0.1) is 10.2 Å². The van der Waals surface area contributed by atoms with Crippen LogP contribution in [0.4, 0.5) is 10.8 Å². The second-order valence-electron chi connectivity index (χ2n) is 5.42. The zero-order valence-electron chi connectivity index (χ0n) is 13.5. The topological polar surface area (TPSA) is 84.4 Å². The van der Waals surface area contributed by atoms with Crippen LogP contribution in [0, 0.1) is 12.8 Å². The van der Waals surface area contributed by atoms with Crippen molar-refractivity contribution in [3.8, 4) is 5.75 Å². The maximum absolute atomic E-state index is 12.4. The summed E-state index contributed by atoms with van der Waals surface area (Å²) in [7, 11) is 0. The van der Waals surface area contributed by atoms with E-state index in [0.29, 0.717) is 29.7 Å². The fourth-order valence-corrected chi connectivity index (χ4v) is 3.22. The molecule has 24 heavy (non-hydrogen) atoms. The number of aromatic nitrogens is 2. The van der Waals surface area contributed by atoms with Crippen LogP contribution in [0.1, 0.15) is 18.4 Å². The van der Waals surface area contributed by atoms with Crippen molar-refractivity contribution in [1.29, 1.82) is 0 Å². The van der Waals surface area contributed by atoms with E-state index in [0.717, 1.165) is 5.01 Å². The maximum atomic E-state index is 12.4. The van der Waals surface area contributed by atoms with E-state index < -0.39 is 5.92 Å². The van der Waals surface area contributed by atoms with Crippen molar-refractivity contribution in [2.45, 2.75) is 20.3 Å². The molecule has 1 N–H and O–H groups in total. The first-order chi connectivity index (χ1) is 11.6. The van der Waals surface area contributed by atoms with E-state index in [4.69, 9.17) is 4.74 Å². The maximum Gasteiger partial charge on any atom is 0.231 e. The van der Waals surface area contributed by atoms with E-state index in [1.807, 2.05) is 38.1 Å². The smallest absolute Gasteiger partial charge is 0.231 e. The van der Waals surface area contributed by atoms with Gasteiger partial charge in [-0.1, -0.05) is 23.5 Å². The molecule has 1 fully saturated rings. The Labute approximate surface area is 143 Å². The molecule has 2 heterocycles. The highest BCUT2D eigenvalue weighted by atomic mass is 32.1. The Balaban J connectivity index is 1.73. The summed E-state index contributed by atoms with van der Waals surface area (Å²) in [5.41, 5.74) is 0.700. The molecule has 0 bridgehead atoms. The number of amides is 2. The number of carbonyl (C=O) groups is 2. The zero-order valence-corrected chi connectivity index (χ0v) is 14.3. The molecule has 1 aromatic heterocycles.